The molecule has 0 aliphatic heterocycles. The second-order valence-electron chi connectivity index (χ2n) is 2.63. The minimum atomic E-state index is -4.86. The minimum absolute atomic E-state index is 0.903. The maximum atomic E-state index is 11.9. The maximum Gasteiger partial charge on any atom is 0.657 e. The molecule has 3 amide bonds. The molecule has 20 heavy (non-hydrogen) atoms. The molecular formula is C9H12N3O7P. The van der Waals surface area contributed by atoms with Gasteiger partial charge in [0.15, 0.2) is 0 Å². The molecule has 0 bridgehead atoms. The minimum Gasteiger partial charge on any atom is -0.334 e. The number of hydrogen-bond acceptors (Lipinski definition) is 7. The zero-order valence-electron chi connectivity index (χ0n) is 10.2. The fraction of sp³-hybridized carbons (Fsp3) is 0. The van der Waals surface area contributed by atoms with Crippen molar-refractivity contribution in [2.75, 3.05) is 0 Å². The molecule has 0 rings (SSSR count). The van der Waals surface area contributed by atoms with Crippen LogP contribution in [-0.2, 0) is 18.1 Å². The average molecular weight is 305 g/mol. The number of carbonyl (C=O) groups excluding carboxylic acids is 3. The second kappa shape index (κ2) is 8.38. The van der Waals surface area contributed by atoms with Crippen LogP contribution in [0.3, 0.4) is 0 Å². The van der Waals surface area contributed by atoms with Gasteiger partial charge in [0.05, 0.1) is 0 Å². The van der Waals surface area contributed by atoms with Crippen LogP contribution < -0.4 is 16.0 Å². The second-order valence-corrected chi connectivity index (χ2v) is 4.07. The molecule has 10 nitrogen and oxygen atoms in total. The Kier molecular flexibility index (Phi) is 7.23. The van der Waals surface area contributed by atoms with Crippen molar-refractivity contribution in [1.82, 2.24) is 16.0 Å². The number of hydrogen-bond donors (Lipinski definition) is 3. The van der Waals surface area contributed by atoms with Gasteiger partial charge in [-0.15, -0.1) is 0 Å². The Morgan fingerprint density at radius 1 is 0.750 bits per heavy atom. The van der Waals surface area contributed by atoms with Gasteiger partial charge in [-0.1, -0.05) is 19.7 Å². The Morgan fingerprint density at radius 2 is 1.00 bits per heavy atom. The fourth-order valence-electron chi connectivity index (χ4n) is 0.690. The quantitative estimate of drug-likeness (QED) is 0.636. The van der Waals surface area contributed by atoms with E-state index in [4.69, 9.17) is 0 Å². The van der Waals surface area contributed by atoms with Crippen molar-refractivity contribution in [3.05, 3.63) is 38.3 Å². The predicted molar refractivity (Wildman–Crippen MR) is 67.0 cm³/mol. The molecule has 0 saturated carbocycles. The first-order valence-corrected chi connectivity index (χ1v) is 6.26. The molecule has 0 spiro atoms. The summed E-state index contributed by atoms with van der Waals surface area (Å²) in [7, 11) is -4.86. The molecule has 0 heterocycles. The zero-order chi connectivity index (χ0) is 15.6. The van der Waals surface area contributed by atoms with Crippen molar-refractivity contribution in [1.29, 1.82) is 0 Å². The zero-order valence-corrected chi connectivity index (χ0v) is 11.1. The topological polar surface area (TPSA) is 132 Å². The van der Waals surface area contributed by atoms with Crippen LogP contribution in [0.25, 0.3) is 0 Å². The average Bonchev–Trinajstić information content (AvgIpc) is 2.28. The lowest BCUT2D eigenvalue weighted by atomic mass is 11.0. The Hall–Kier alpha value is -2.74. The van der Waals surface area contributed by atoms with Gasteiger partial charge in [-0.2, -0.15) is 4.57 Å². The smallest absolute Gasteiger partial charge is 0.334 e. The Bertz CT molecular complexity index is 410. The number of rotatable bonds is 6. The highest BCUT2D eigenvalue weighted by atomic mass is 31.2. The highest BCUT2D eigenvalue weighted by molar-refractivity contribution is 7.50. The summed E-state index contributed by atoms with van der Waals surface area (Å²) in [5.41, 5.74) is 0. The molecule has 0 fully saturated rings. The van der Waals surface area contributed by atoms with E-state index in [1.165, 1.54) is 0 Å². The molecule has 3 N–H and O–H groups in total. The van der Waals surface area contributed by atoms with Crippen molar-refractivity contribution in [3.63, 3.8) is 0 Å². The number of phosphoric acid groups is 1. The third kappa shape index (κ3) is 6.87. The van der Waals surface area contributed by atoms with E-state index in [0.717, 1.165) is 18.6 Å². The van der Waals surface area contributed by atoms with Crippen molar-refractivity contribution < 1.29 is 32.5 Å². The highest BCUT2D eigenvalue weighted by Gasteiger charge is 2.39. The standard InChI is InChI=1S/C9H12N3O7P/c1-4-10-7(13)17-20(16,18-8(14)11-5-2)19-9(15)12-6-3/h4-6H,1-3H2,(H,10,13)(H,11,14)(H,12,15). The van der Waals surface area contributed by atoms with Crippen LogP contribution in [0.15, 0.2) is 38.3 Å². The van der Waals surface area contributed by atoms with Gasteiger partial charge in [0, 0.05) is 0 Å². The molecular weight excluding hydrogens is 293 g/mol. The normalized spacial score (nSPS) is 9.40. The molecule has 0 atom stereocenters. The molecule has 0 aliphatic rings. The van der Waals surface area contributed by atoms with E-state index in [0.29, 0.717) is 0 Å². The summed E-state index contributed by atoms with van der Waals surface area (Å²) in [6.07, 6.45) is -1.25. The summed E-state index contributed by atoms with van der Waals surface area (Å²) in [6.45, 7) is 9.43. The lowest BCUT2D eigenvalue weighted by Gasteiger charge is -2.15. The van der Waals surface area contributed by atoms with Crippen LogP contribution in [0.4, 0.5) is 14.4 Å². The monoisotopic (exact) mass is 305 g/mol. The van der Waals surface area contributed by atoms with Gasteiger partial charge in [-0.25, -0.2) is 14.4 Å². The summed E-state index contributed by atoms with van der Waals surface area (Å²) in [5, 5.41) is 5.64. The van der Waals surface area contributed by atoms with Gasteiger partial charge in [-0.3, -0.25) is 16.0 Å². The fourth-order valence-corrected chi connectivity index (χ4v) is 1.57. The number of amides is 3. The van der Waals surface area contributed by atoms with Gasteiger partial charge in [-0.05, 0) is 18.6 Å². The SMILES string of the molecule is C=CNC(=O)OP(=O)(OC(=O)NC=C)OC(=O)NC=C. The molecule has 0 aromatic carbocycles. The first-order chi connectivity index (χ1) is 9.36. The molecule has 0 unspecified atom stereocenters. The van der Waals surface area contributed by atoms with E-state index in [1.54, 1.807) is 0 Å². The molecule has 0 saturated heterocycles. The van der Waals surface area contributed by atoms with E-state index in [-0.39, 0.29) is 0 Å². The predicted octanol–water partition coefficient (Wildman–Crippen LogP) is 1.70. The number of nitrogens with one attached hydrogen (secondary N) is 3. The van der Waals surface area contributed by atoms with Crippen LogP contribution in [0.1, 0.15) is 0 Å². The van der Waals surface area contributed by atoms with Gasteiger partial charge >= 0.3 is 26.1 Å². The van der Waals surface area contributed by atoms with Crippen LogP contribution in [-0.4, -0.2) is 18.3 Å². The summed E-state index contributed by atoms with van der Waals surface area (Å²) < 4.78 is 24.6. The third-order valence-corrected chi connectivity index (χ3v) is 2.41. The summed E-state index contributed by atoms with van der Waals surface area (Å²) in [6, 6.07) is 0. The molecule has 0 aromatic heterocycles. The first kappa shape index (κ1) is 17.3. The van der Waals surface area contributed by atoms with E-state index < -0.39 is 26.1 Å². The van der Waals surface area contributed by atoms with Crippen LogP contribution >= 0.6 is 7.82 Å². The van der Waals surface area contributed by atoms with Crippen molar-refractivity contribution in [3.8, 4) is 0 Å². The van der Waals surface area contributed by atoms with Crippen molar-refractivity contribution >= 4 is 26.1 Å². The lowest BCUT2D eigenvalue weighted by Crippen LogP contribution is -2.25. The molecule has 110 valence electrons. The summed E-state index contributed by atoms with van der Waals surface area (Å²) >= 11 is 0. The van der Waals surface area contributed by atoms with E-state index in [2.05, 4.69) is 33.3 Å². The van der Waals surface area contributed by atoms with Gasteiger partial charge < -0.3 is 13.6 Å². The molecule has 0 aliphatic carbocycles. The Balaban J connectivity index is 4.95. The third-order valence-electron chi connectivity index (χ3n) is 1.24. The van der Waals surface area contributed by atoms with Gasteiger partial charge in [0.25, 0.3) is 0 Å². The van der Waals surface area contributed by atoms with Gasteiger partial charge in [0.1, 0.15) is 0 Å². The van der Waals surface area contributed by atoms with Gasteiger partial charge in [0.2, 0.25) is 0 Å². The van der Waals surface area contributed by atoms with E-state index in [9.17, 15) is 18.9 Å². The van der Waals surface area contributed by atoms with E-state index in [1.807, 2.05) is 16.0 Å². The van der Waals surface area contributed by atoms with Crippen LogP contribution in [0.5, 0.6) is 0 Å². The number of carbonyl (C=O) groups is 3. The molecule has 0 radical (unpaired) electrons. The highest BCUT2D eigenvalue weighted by Crippen LogP contribution is 2.49. The first-order valence-electron chi connectivity index (χ1n) is 4.80. The van der Waals surface area contributed by atoms with Crippen molar-refractivity contribution in [2.45, 2.75) is 0 Å². The Labute approximate surface area is 114 Å². The van der Waals surface area contributed by atoms with Crippen LogP contribution in [0.2, 0.25) is 0 Å². The van der Waals surface area contributed by atoms with Crippen molar-refractivity contribution in [2.24, 2.45) is 0 Å². The summed E-state index contributed by atoms with van der Waals surface area (Å²) in [5.74, 6) is 0. The Morgan fingerprint density at radius 3 is 1.20 bits per heavy atom. The number of phosphoric ester groups is 1. The summed E-state index contributed by atoms with van der Waals surface area (Å²) in [4.78, 5) is 33.3. The molecule has 0 aromatic rings. The van der Waals surface area contributed by atoms with E-state index >= 15 is 0 Å². The molecule has 11 heteroatoms. The lowest BCUT2D eigenvalue weighted by molar-refractivity contribution is 0.142. The van der Waals surface area contributed by atoms with Crippen LogP contribution in [0, 0.1) is 0 Å². The largest absolute Gasteiger partial charge is 0.657 e. The maximum absolute atomic E-state index is 11.9.